The van der Waals surface area contributed by atoms with E-state index in [0.29, 0.717) is 6.61 Å². The van der Waals surface area contributed by atoms with Crippen LogP contribution in [0.5, 0.6) is 0 Å². The molecule has 0 saturated heterocycles. The van der Waals surface area contributed by atoms with Crippen LogP contribution < -0.4 is 0 Å². The zero-order valence-corrected chi connectivity index (χ0v) is 7.61. The summed E-state index contributed by atoms with van der Waals surface area (Å²) >= 11 is 0. The van der Waals surface area contributed by atoms with E-state index in [9.17, 15) is 0 Å². The van der Waals surface area contributed by atoms with Crippen LogP contribution in [0.25, 0.3) is 0 Å². The first-order valence-corrected chi connectivity index (χ1v) is 3.79. The molecule has 0 bridgehead atoms. The molecule has 0 aromatic rings. The first kappa shape index (κ1) is 13.6. The van der Waals surface area contributed by atoms with E-state index < -0.39 is 16.9 Å². The highest BCUT2D eigenvalue weighted by Crippen LogP contribution is 1.97. The molecule has 0 heterocycles. The van der Waals surface area contributed by atoms with Gasteiger partial charge in [0, 0.05) is 6.61 Å². The van der Waals surface area contributed by atoms with Gasteiger partial charge in [-0.05, 0) is 6.92 Å². The third-order valence-corrected chi connectivity index (χ3v) is 1.13. The van der Waals surface area contributed by atoms with Gasteiger partial charge in [-0.15, -0.1) is 0 Å². The lowest BCUT2D eigenvalue weighted by molar-refractivity contribution is -0.528. The Morgan fingerprint density at radius 1 is 1.07 bits per heavy atom. The minimum Gasteiger partial charge on any atom is -0.379 e. The topological polar surface area (TPSA) is 115 Å². The Hall–Kier alpha value is -0.360. The van der Waals surface area contributed by atoms with Crippen LogP contribution in [0.2, 0.25) is 0 Å². The summed E-state index contributed by atoms with van der Waals surface area (Å²) in [4.78, 5) is 8.54. The van der Waals surface area contributed by atoms with E-state index in [1.165, 1.54) is 0 Å². The van der Waals surface area contributed by atoms with Gasteiger partial charge in [0.2, 0.25) is 0 Å². The van der Waals surface area contributed by atoms with Crippen molar-refractivity contribution in [3.05, 3.63) is 0 Å². The van der Waals surface area contributed by atoms with E-state index >= 15 is 0 Å². The van der Waals surface area contributed by atoms with Gasteiger partial charge in [-0.25, -0.2) is 9.68 Å². The van der Waals surface area contributed by atoms with Crippen molar-refractivity contribution in [1.82, 2.24) is 10.8 Å². The Balaban J connectivity index is 3.72. The summed E-state index contributed by atoms with van der Waals surface area (Å²) in [5, 5.41) is 32.0. The Morgan fingerprint density at radius 2 is 1.71 bits per heavy atom. The van der Waals surface area contributed by atoms with Crippen LogP contribution in [0.4, 0.5) is 0 Å². The average molecular weight is 214 g/mol. The average Bonchev–Trinajstić information content (AvgIpc) is 2.09. The number of hydrogen-bond donors (Lipinski definition) is 4. The largest absolute Gasteiger partial charge is 0.379 e. The minimum absolute atomic E-state index is 0.00194. The smallest absolute Gasteiger partial charge is 0.133 e. The van der Waals surface area contributed by atoms with E-state index in [4.69, 9.17) is 25.6 Å². The zero-order chi connectivity index (χ0) is 11.0. The molecule has 0 fully saturated rings. The predicted molar refractivity (Wildman–Crippen MR) is 38.1 cm³/mol. The fourth-order valence-electron chi connectivity index (χ4n) is 0.641. The number of ether oxygens (including phenoxy) is 1. The van der Waals surface area contributed by atoms with Gasteiger partial charge in [0.15, 0.2) is 0 Å². The molecule has 0 aromatic carbocycles. The quantitative estimate of drug-likeness (QED) is 0.393. The summed E-state index contributed by atoms with van der Waals surface area (Å²) in [5.74, 6) is 0. The van der Waals surface area contributed by atoms with Crippen molar-refractivity contribution in [2.75, 3.05) is 19.8 Å². The van der Waals surface area contributed by atoms with Crippen molar-refractivity contribution in [1.29, 1.82) is 0 Å². The lowest BCUT2D eigenvalue weighted by Crippen LogP contribution is -2.34. The van der Waals surface area contributed by atoms with Gasteiger partial charge in [-0.2, -0.15) is 0 Å². The first-order chi connectivity index (χ1) is 6.56. The molecule has 0 radical (unpaired) electrons. The maximum Gasteiger partial charge on any atom is 0.133 e. The van der Waals surface area contributed by atoms with Gasteiger partial charge in [0.05, 0.1) is 17.4 Å². The van der Waals surface area contributed by atoms with E-state index in [1.807, 2.05) is 0 Å². The van der Waals surface area contributed by atoms with E-state index in [2.05, 4.69) is 9.68 Å². The van der Waals surface area contributed by atoms with Gasteiger partial charge >= 0.3 is 0 Å². The fourth-order valence-corrected chi connectivity index (χ4v) is 0.641. The van der Waals surface area contributed by atoms with Crippen molar-refractivity contribution in [2.24, 2.45) is 0 Å². The van der Waals surface area contributed by atoms with Gasteiger partial charge in [0.1, 0.15) is 12.7 Å². The molecular formula is C5H14N2O7. The molecule has 1 atom stereocenters. The van der Waals surface area contributed by atoms with E-state index in [-0.39, 0.29) is 13.2 Å². The summed E-state index contributed by atoms with van der Waals surface area (Å²) < 4.78 is 4.89. The van der Waals surface area contributed by atoms with Gasteiger partial charge in [-0.3, -0.25) is 20.8 Å². The first-order valence-electron chi connectivity index (χ1n) is 3.79. The van der Waals surface area contributed by atoms with Gasteiger partial charge < -0.3 is 4.74 Å². The molecule has 4 N–H and O–H groups in total. The normalized spacial score (nSPS) is 13.9. The summed E-state index contributed by atoms with van der Waals surface area (Å²) in [6.07, 6.45) is -0.883. The second-order valence-electron chi connectivity index (χ2n) is 2.19. The second kappa shape index (κ2) is 7.99. The lowest BCUT2D eigenvalue weighted by Gasteiger charge is -2.18. The molecule has 0 aliphatic carbocycles. The minimum atomic E-state index is -0.883. The molecule has 86 valence electrons. The third-order valence-electron chi connectivity index (χ3n) is 1.13. The monoisotopic (exact) mass is 214 g/mol. The molecule has 9 heteroatoms. The molecule has 0 amide bonds. The number of hydrogen-bond acceptors (Lipinski definition) is 9. The molecule has 14 heavy (non-hydrogen) atoms. The van der Waals surface area contributed by atoms with Gasteiger partial charge in [-0.1, -0.05) is 0 Å². The highest BCUT2D eigenvalue weighted by Gasteiger charge is 2.14. The van der Waals surface area contributed by atoms with E-state index in [1.54, 1.807) is 6.92 Å². The predicted octanol–water partition coefficient (Wildman–Crippen LogP) is -0.584. The van der Waals surface area contributed by atoms with Crippen LogP contribution in [0.1, 0.15) is 6.92 Å². The van der Waals surface area contributed by atoms with Crippen LogP contribution in [0.15, 0.2) is 0 Å². The Morgan fingerprint density at radius 3 is 2.14 bits per heavy atom. The van der Waals surface area contributed by atoms with Crippen LogP contribution in [-0.4, -0.2) is 57.5 Å². The van der Waals surface area contributed by atoms with Crippen molar-refractivity contribution < 1.29 is 35.2 Å². The van der Waals surface area contributed by atoms with E-state index in [0.717, 1.165) is 0 Å². The van der Waals surface area contributed by atoms with Crippen molar-refractivity contribution in [2.45, 2.75) is 13.0 Å². The van der Waals surface area contributed by atoms with Crippen LogP contribution in [0.3, 0.4) is 0 Å². The van der Waals surface area contributed by atoms with Crippen LogP contribution in [-0.2, 0) is 14.4 Å². The Kier molecular flexibility index (Phi) is 7.78. The molecule has 0 aromatic heterocycles. The summed E-state index contributed by atoms with van der Waals surface area (Å²) in [6, 6.07) is 0. The number of nitrogens with zero attached hydrogens (tertiary/aromatic N) is 2. The summed E-state index contributed by atoms with van der Waals surface area (Å²) in [5.41, 5.74) is 0. The molecule has 9 nitrogen and oxygen atoms in total. The van der Waals surface area contributed by atoms with Crippen LogP contribution >= 0.6 is 0 Å². The number of rotatable bonds is 8. The third kappa shape index (κ3) is 8.25. The lowest BCUT2D eigenvalue weighted by atomic mass is 10.4. The molecular weight excluding hydrogens is 200 g/mol. The SMILES string of the molecule is CCOCC(CON(O)O)ON(O)O. The Labute approximate surface area is 80.0 Å². The highest BCUT2D eigenvalue weighted by molar-refractivity contribution is 4.51. The maximum absolute atomic E-state index is 8.30. The fraction of sp³-hybridized carbons (Fsp3) is 1.00. The van der Waals surface area contributed by atoms with Crippen molar-refractivity contribution in [3.63, 3.8) is 0 Å². The highest BCUT2D eigenvalue weighted by atomic mass is 17.1. The zero-order valence-electron chi connectivity index (χ0n) is 7.61. The summed E-state index contributed by atoms with van der Waals surface area (Å²) in [6.45, 7) is 1.81. The molecule has 0 saturated carbocycles. The standard InChI is InChI=1S/C5H14N2O7/c1-2-12-3-5(14-7(10)11)4-13-6(8)9/h5,8-11H,2-4H2,1H3. The van der Waals surface area contributed by atoms with Crippen molar-refractivity contribution >= 4 is 0 Å². The Bertz CT molecular complexity index is 133. The maximum atomic E-state index is 8.30. The van der Waals surface area contributed by atoms with Crippen molar-refractivity contribution in [3.8, 4) is 0 Å². The summed E-state index contributed by atoms with van der Waals surface area (Å²) in [7, 11) is 0. The second-order valence-corrected chi connectivity index (χ2v) is 2.19. The molecule has 0 aliphatic heterocycles. The molecule has 1 unspecified atom stereocenters. The molecule has 0 aliphatic rings. The van der Waals surface area contributed by atoms with Gasteiger partial charge in [0.25, 0.3) is 0 Å². The van der Waals surface area contributed by atoms with Crippen LogP contribution in [0, 0.1) is 0 Å². The molecule has 0 spiro atoms. The molecule has 0 rings (SSSR count).